The molecule has 0 aromatic heterocycles. The van der Waals surface area contributed by atoms with E-state index in [0.29, 0.717) is 0 Å². The van der Waals surface area contributed by atoms with Gasteiger partial charge in [-0.25, -0.2) is 4.79 Å². The normalized spacial score (nSPS) is 22.6. The van der Waals surface area contributed by atoms with Gasteiger partial charge in [0, 0.05) is 13.1 Å². The fraction of sp³-hybridized carbons (Fsp3) is 0.750. The second-order valence-corrected chi connectivity index (χ2v) is 3.44. The summed E-state index contributed by atoms with van der Waals surface area (Å²) in [6.45, 7) is -0.466. The molecule has 1 heterocycles. The first kappa shape index (κ1) is 11.8. The predicted molar refractivity (Wildman–Crippen MR) is 43.0 cm³/mol. The number of rotatable bonds is 0. The molecule has 0 spiro atoms. The lowest BCUT2D eigenvalue weighted by molar-refractivity contribution is -0.189. The fourth-order valence-corrected chi connectivity index (χ4v) is 1.56. The zero-order valence-electron chi connectivity index (χ0n) is 7.75. The largest absolute Gasteiger partial charge is 0.474 e. The number of alkyl halides is 3. The number of likely N-dealkylation sites (tertiary alicyclic amines) is 1. The highest BCUT2D eigenvalue weighted by Gasteiger charge is 2.43. The van der Waals surface area contributed by atoms with Gasteiger partial charge in [0.1, 0.15) is 0 Å². The second-order valence-electron chi connectivity index (χ2n) is 3.44. The molecule has 1 saturated heterocycles. The third-order valence-corrected chi connectivity index (χ3v) is 2.35. The first-order chi connectivity index (χ1) is 6.82. The smallest absolute Gasteiger partial charge is 0.394 e. The van der Waals surface area contributed by atoms with E-state index in [0.717, 1.165) is 4.90 Å². The number of carbonyl (C=O) groups is 2. The number of hydrogen-bond acceptors (Lipinski definition) is 2. The van der Waals surface area contributed by atoms with Crippen molar-refractivity contribution in [2.45, 2.75) is 19.0 Å². The summed E-state index contributed by atoms with van der Waals surface area (Å²) in [4.78, 5) is 22.0. The number of hydrogen-bond donors (Lipinski definition) is 1. The monoisotopic (exact) mass is 225 g/mol. The van der Waals surface area contributed by atoms with E-state index in [9.17, 15) is 22.8 Å². The van der Waals surface area contributed by atoms with Crippen LogP contribution in [0.3, 0.4) is 0 Å². The van der Waals surface area contributed by atoms with Crippen LogP contribution in [0.1, 0.15) is 12.8 Å². The van der Waals surface area contributed by atoms with Gasteiger partial charge in [-0.3, -0.25) is 4.79 Å². The van der Waals surface area contributed by atoms with E-state index in [1.54, 1.807) is 0 Å². The molecule has 1 amide bonds. The van der Waals surface area contributed by atoms with Crippen molar-refractivity contribution in [1.82, 2.24) is 4.90 Å². The van der Waals surface area contributed by atoms with Crippen molar-refractivity contribution in [3.8, 4) is 0 Å². The fourth-order valence-electron chi connectivity index (χ4n) is 1.56. The molecule has 1 atom stereocenters. The summed E-state index contributed by atoms with van der Waals surface area (Å²) in [5.41, 5.74) is 0. The van der Waals surface area contributed by atoms with Gasteiger partial charge < -0.3 is 10.0 Å². The average molecular weight is 225 g/mol. The van der Waals surface area contributed by atoms with E-state index in [4.69, 9.17) is 5.11 Å². The number of carboxylic acids is 1. The number of carbonyl (C=O) groups excluding carboxylic acids is 1. The highest BCUT2D eigenvalue weighted by atomic mass is 19.4. The molecular weight excluding hydrogens is 215 g/mol. The van der Waals surface area contributed by atoms with Crippen LogP contribution in [-0.4, -0.2) is 41.1 Å². The van der Waals surface area contributed by atoms with Gasteiger partial charge in [0.05, 0.1) is 5.92 Å². The summed E-state index contributed by atoms with van der Waals surface area (Å²) >= 11 is 0. The van der Waals surface area contributed by atoms with Crippen molar-refractivity contribution in [3.05, 3.63) is 0 Å². The van der Waals surface area contributed by atoms with Crippen molar-refractivity contribution in [1.29, 1.82) is 0 Å². The zero-order chi connectivity index (χ0) is 11.6. The van der Waals surface area contributed by atoms with Crippen molar-refractivity contribution in [2.75, 3.05) is 13.1 Å². The highest BCUT2D eigenvalue weighted by molar-refractivity contribution is 6.31. The van der Waals surface area contributed by atoms with Gasteiger partial charge in [-0.2, -0.15) is 13.2 Å². The van der Waals surface area contributed by atoms with Crippen LogP contribution in [0.25, 0.3) is 0 Å². The summed E-state index contributed by atoms with van der Waals surface area (Å²) in [5.74, 6) is -4.57. The Morgan fingerprint density at radius 3 is 2.40 bits per heavy atom. The maximum atomic E-state index is 12.3. The Labute approximate surface area is 83.7 Å². The van der Waals surface area contributed by atoms with Crippen LogP contribution in [0, 0.1) is 5.92 Å². The van der Waals surface area contributed by atoms with E-state index in [1.165, 1.54) is 0 Å². The Kier molecular flexibility index (Phi) is 3.21. The Hall–Kier alpha value is -1.27. The summed E-state index contributed by atoms with van der Waals surface area (Å²) in [6, 6.07) is 0. The lowest BCUT2D eigenvalue weighted by Gasteiger charge is -2.32. The minimum Gasteiger partial charge on any atom is -0.474 e. The molecular formula is C8H10F3NO3. The molecule has 1 aliphatic rings. The number of piperidine rings is 1. The van der Waals surface area contributed by atoms with Crippen LogP contribution in [0.15, 0.2) is 0 Å². The molecule has 0 aromatic carbocycles. The van der Waals surface area contributed by atoms with E-state index < -0.39 is 30.5 Å². The van der Waals surface area contributed by atoms with E-state index in [2.05, 4.69) is 0 Å². The van der Waals surface area contributed by atoms with Crippen LogP contribution >= 0.6 is 0 Å². The molecule has 7 heteroatoms. The molecule has 0 aliphatic carbocycles. The molecule has 0 bridgehead atoms. The maximum absolute atomic E-state index is 12.3. The Balaban J connectivity index is 2.64. The van der Waals surface area contributed by atoms with Gasteiger partial charge in [0.25, 0.3) is 0 Å². The quantitative estimate of drug-likeness (QED) is 0.622. The number of carboxylic acid groups (broad SMARTS) is 1. The summed E-state index contributed by atoms with van der Waals surface area (Å²) < 4.78 is 36.9. The first-order valence-electron chi connectivity index (χ1n) is 4.41. The Morgan fingerprint density at radius 1 is 1.33 bits per heavy atom. The van der Waals surface area contributed by atoms with Gasteiger partial charge in [-0.15, -0.1) is 0 Å². The molecule has 86 valence electrons. The predicted octanol–water partition coefficient (Wildman–Crippen LogP) is 0.872. The van der Waals surface area contributed by atoms with Gasteiger partial charge in [-0.1, -0.05) is 0 Å². The van der Waals surface area contributed by atoms with Gasteiger partial charge >= 0.3 is 18.1 Å². The average Bonchev–Trinajstić information content (AvgIpc) is 2.15. The molecule has 1 fully saturated rings. The molecule has 0 radical (unpaired) electrons. The standard InChI is InChI=1S/C8H10F3NO3/c9-8(10,11)5-2-1-3-12(4-5)6(13)7(14)15/h5H,1-4H2,(H,14,15). The van der Waals surface area contributed by atoms with Crippen molar-refractivity contribution >= 4 is 11.9 Å². The van der Waals surface area contributed by atoms with Crippen LogP contribution in [0.2, 0.25) is 0 Å². The number of halogens is 3. The van der Waals surface area contributed by atoms with E-state index >= 15 is 0 Å². The van der Waals surface area contributed by atoms with Crippen molar-refractivity contribution in [2.24, 2.45) is 5.92 Å². The summed E-state index contributed by atoms with van der Waals surface area (Å²) in [6.07, 6.45) is -4.23. The van der Waals surface area contributed by atoms with Crippen LogP contribution in [0.5, 0.6) is 0 Å². The molecule has 1 rings (SSSR count). The molecule has 15 heavy (non-hydrogen) atoms. The summed E-state index contributed by atoms with van der Waals surface area (Å²) in [5, 5.41) is 8.35. The molecule has 1 aliphatic heterocycles. The Morgan fingerprint density at radius 2 is 1.93 bits per heavy atom. The topological polar surface area (TPSA) is 57.6 Å². The maximum Gasteiger partial charge on any atom is 0.394 e. The van der Waals surface area contributed by atoms with Gasteiger partial charge in [0.2, 0.25) is 0 Å². The molecule has 4 nitrogen and oxygen atoms in total. The number of amides is 1. The molecule has 1 unspecified atom stereocenters. The SMILES string of the molecule is O=C(O)C(=O)N1CCCC(C(F)(F)F)C1. The van der Waals surface area contributed by atoms with Gasteiger partial charge in [-0.05, 0) is 12.8 Å². The number of aliphatic carboxylic acids is 1. The van der Waals surface area contributed by atoms with Crippen LogP contribution < -0.4 is 0 Å². The van der Waals surface area contributed by atoms with Crippen molar-refractivity contribution < 1.29 is 27.9 Å². The lowest BCUT2D eigenvalue weighted by atomic mass is 9.97. The summed E-state index contributed by atoms with van der Waals surface area (Å²) in [7, 11) is 0. The van der Waals surface area contributed by atoms with E-state index in [1.807, 2.05) is 0 Å². The first-order valence-corrected chi connectivity index (χ1v) is 4.41. The molecule has 1 N–H and O–H groups in total. The third-order valence-electron chi connectivity index (χ3n) is 2.35. The van der Waals surface area contributed by atoms with Crippen LogP contribution in [0.4, 0.5) is 13.2 Å². The highest BCUT2D eigenvalue weighted by Crippen LogP contribution is 2.32. The van der Waals surface area contributed by atoms with Crippen molar-refractivity contribution in [3.63, 3.8) is 0 Å². The second kappa shape index (κ2) is 4.08. The Bertz CT molecular complexity index is 277. The van der Waals surface area contributed by atoms with Gasteiger partial charge in [0.15, 0.2) is 0 Å². The van der Waals surface area contributed by atoms with Crippen LogP contribution in [-0.2, 0) is 9.59 Å². The number of nitrogens with zero attached hydrogens (tertiary/aromatic N) is 1. The molecule has 0 aromatic rings. The lowest BCUT2D eigenvalue weighted by Crippen LogP contribution is -2.46. The minimum atomic E-state index is -4.36. The van der Waals surface area contributed by atoms with E-state index in [-0.39, 0.29) is 19.4 Å². The third kappa shape index (κ3) is 2.84. The minimum absolute atomic E-state index is 0.0487. The zero-order valence-corrected chi connectivity index (χ0v) is 7.75. The molecule has 0 saturated carbocycles.